The number of unbranched alkanes of at least 4 members (excludes halogenated alkanes) is 2. The van der Waals surface area contributed by atoms with E-state index in [4.69, 9.17) is 0 Å². The highest BCUT2D eigenvalue weighted by molar-refractivity contribution is 7.87. The van der Waals surface area contributed by atoms with Crippen LogP contribution >= 0.6 is 0 Å². The fourth-order valence-electron chi connectivity index (χ4n) is 0.626. The topological polar surface area (TPSA) is 57.2 Å². The standard InChI is InChI=1S/C7H12F2O3S/c1-2-3-4-5-6-7(8,9)13(10,11)12/h5-6H,2-4H2,1H3,(H,10,11,12)/p-1/b6-5+. The van der Waals surface area contributed by atoms with Crippen molar-refractivity contribution in [3.05, 3.63) is 12.2 Å². The van der Waals surface area contributed by atoms with Crippen LogP contribution in [0.25, 0.3) is 0 Å². The maximum absolute atomic E-state index is 12.4. The molecular formula is C7H11F2O3S-. The van der Waals surface area contributed by atoms with E-state index in [1.165, 1.54) is 0 Å². The van der Waals surface area contributed by atoms with Gasteiger partial charge in [-0.25, -0.2) is 8.42 Å². The molecule has 0 unspecified atom stereocenters. The van der Waals surface area contributed by atoms with E-state index in [-0.39, 0.29) is 6.08 Å². The van der Waals surface area contributed by atoms with E-state index in [0.717, 1.165) is 12.5 Å². The SMILES string of the molecule is CCCC/C=C/C(F)(F)S(=O)(=O)[O-]. The molecule has 0 aromatic rings. The lowest BCUT2D eigenvalue weighted by Crippen LogP contribution is -2.25. The summed E-state index contributed by atoms with van der Waals surface area (Å²) in [6, 6.07) is 0. The molecule has 0 aromatic carbocycles. The van der Waals surface area contributed by atoms with E-state index < -0.39 is 15.4 Å². The molecule has 0 amide bonds. The lowest BCUT2D eigenvalue weighted by molar-refractivity contribution is 0.132. The Morgan fingerprint density at radius 3 is 2.38 bits per heavy atom. The summed E-state index contributed by atoms with van der Waals surface area (Å²) in [6.45, 7) is 1.87. The quantitative estimate of drug-likeness (QED) is 0.398. The summed E-state index contributed by atoms with van der Waals surface area (Å²) in [5.74, 6) is 0. The second kappa shape index (κ2) is 4.66. The number of rotatable bonds is 5. The fourth-order valence-corrected chi connectivity index (χ4v) is 0.889. The Bertz CT molecular complexity index is 269. The fraction of sp³-hybridized carbons (Fsp3) is 0.714. The maximum Gasteiger partial charge on any atom is 0.353 e. The number of allylic oxidation sites excluding steroid dienone is 1. The number of halogens is 2. The van der Waals surface area contributed by atoms with Crippen LogP contribution in [0.2, 0.25) is 0 Å². The minimum Gasteiger partial charge on any atom is -0.743 e. The average molecular weight is 213 g/mol. The third-order valence-electron chi connectivity index (χ3n) is 1.37. The van der Waals surface area contributed by atoms with Crippen molar-refractivity contribution in [2.24, 2.45) is 0 Å². The first-order valence-corrected chi connectivity index (χ1v) is 5.23. The molecule has 0 aliphatic carbocycles. The lowest BCUT2D eigenvalue weighted by Gasteiger charge is -2.15. The van der Waals surface area contributed by atoms with Crippen LogP contribution in [0.5, 0.6) is 0 Å². The van der Waals surface area contributed by atoms with Gasteiger partial charge in [0.05, 0.1) is 0 Å². The Labute approximate surface area is 76.2 Å². The van der Waals surface area contributed by atoms with Gasteiger partial charge in [0, 0.05) is 0 Å². The van der Waals surface area contributed by atoms with Crippen molar-refractivity contribution in [3.63, 3.8) is 0 Å². The Hall–Kier alpha value is -0.490. The molecule has 13 heavy (non-hydrogen) atoms. The highest BCUT2D eigenvalue weighted by Crippen LogP contribution is 2.22. The minimum atomic E-state index is -5.56. The largest absolute Gasteiger partial charge is 0.743 e. The van der Waals surface area contributed by atoms with Gasteiger partial charge in [0.15, 0.2) is 10.1 Å². The highest BCUT2D eigenvalue weighted by atomic mass is 32.2. The minimum absolute atomic E-state index is 0.144. The van der Waals surface area contributed by atoms with Crippen LogP contribution in [0.4, 0.5) is 8.78 Å². The summed E-state index contributed by atoms with van der Waals surface area (Å²) in [6.07, 6.45) is 3.01. The van der Waals surface area contributed by atoms with Gasteiger partial charge in [0.2, 0.25) is 0 Å². The predicted octanol–water partition coefficient (Wildman–Crippen LogP) is 1.87. The highest BCUT2D eigenvalue weighted by Gasteiger charge is 2.33. The molecule has 0 aliphatic heterocycles. The molecular weight excluding hydrogens is 202 g/mol. The molecule has 0 radical (unpaired) electrons. The molecule has 0 bridgehead atoms. The molecule has 0 aromatic heterocycles. The summed E-state index contributed by atoms with van der Waals surface area (Å²) in [5.41, 5.74) is 0. The van der Waals surface area contributed by atoms with Gasteiger partial charge in [-0.1, -0.05) is 25.8 Å². The average Bonchev–Trinajstić information content (AvgIpc) is 1.96. The Morgan fingerprint density at radius 2 is 2.00 bits per heavy atom. The van der Waals surface area contributed by atoms with Gasteiger partial charge >= 0.3 is 5.25 Å². The van der Waals surface area contributed by atoms with E-state index in [1.807, 2.05) is 6.92 Å². The normalized spacial score (nSPS) is 13.8. The van der Waals surface area contributed by atoms with Crippen molar-refractivity contribution in [2.45, 2.75) is 31.4 Å². The van der Waals surface area contributed by atoms with E-state index in [1.54, 1.807) is 0 Å². The number of alkyl halides is 2. The second-order valence-electron chi connectivity index (χ2n) is 2.56. The molecule has 0 N–H and O–H groups in total. The van der Waals surface area contributed by atoms with Gasteiger partial charge in [-0.05, 0) is 12.5 Å². The Kier molecular flexibility index (Phi) is 4.49. The molecule has 0 saturated heterocycles. The van der Waals surface area contributed by atoms with Crippen molar-refractivity contribution in [1.29, 1.82) is 0 Å². The Balaban J connectivity index is 4.26. The molecule has 0 aliphatic rings. The first-order valence-electron chi connectivity index (χ1n) is 3.82. The monoisotopic (exact) mass is 213 g/mol. The zero-order valence-corrected chi connectivity index (χ0v) is 7.98. The summed E-state index contributed by atoms with van der Waals surface area (Å²) < 4.78 is 54.6. The van der Waals surface area contributed by atoms with Gasteiger partial charge in [-0.2, -0.15) is 8.78 Å². The first kappa shape index (κ1) is 12.5. The predicted molar refractivity (Wildman–Crippen MR) is 43.3 cm³/mol. The zero-order valence-electron chi connectivity index (χ0n) is 7.16. The summed E-state index contributed by atoms with van der Waals surface area (Å²) in [7, 11) is -5.56. The van der Waals surface area contributed by atoms with Crippen molar-refractivity contribution in [2.75, 3.05) is 0 Å². The van der Waals surface area contributed by atoms with Gasteiger partial charge in [-0.15, -0.1) is 0 Å². The molecule has 0 spiro atoms. The van der Waals surface area contributed by atoms with Gasteiger partial charge in [0.1, 0.15) is 0 Å². The molecule has 0 fully saturated rings. The number of hydrogen-bond acceptors (Lipinski definition) is 3. The van der Waals surface area contributed by atoms with E-state index >= 15 is 0 Å². The van der Waals surface area contributed by atoms with Gasteiger partial charge in [0.25, 0.3) is 0 Å². The van der Waals surface area contributed by atoms with Crippen LogP contribution in [0.1, 0.15) is 26.2 Å². The van der Waals surface area contributed by atoms with E-state index in [2.05, 4.69) is 0 Å². The van der Waals surface area contributed by atoms with Crippen LogP contribution in [-0.4, -0.2) is 18.2 Å². The van der Waals surface area contributed by atoms with Crippen LogP contribution in [0, 0.1) is 0 Å². The van der Waals surface area contributed by atoms with Crippen LogP contribution < -0.4 is 0 Å². The van der Waals surface area contributed by atoms with Gasteiger partial charge < -0.3 is 4.55 Å². The molecule has 78 valence electrons. The molecule has 6 heteroatoms. The summed E-state index contributed by atoms with van der Waals surface area (Å²) >= 11 is 0. The molecule has 0 saturated carbocycles. The van der Waals surface area contributed by atoms with Crippen LogP contribution in [-0.2, 0) is 10.1 Å². The van der Waals surface area contributed by atoms with E-state index in [0.29, 0.717) is 12.8 Å². The second-order valence-corrected chi connectivity index (χ2v) is 4.01. The van der Waals surface area contributed by atoms with Crippen molar-refractivity contribution < 1.29 is 21.8 Å². The maximum atomic E-state index is 12.4. The van der Waals surface area contributed by atoms with E-state index in [9.17, 15) is 21.8 Å². The number of hydrogen-bond donors (Lipinski definition) is 0. The lowest BCUT2D eigenvalue weighted by atomic mass is 10.2. The smallest absolute Gasteiger partial charge is 0.353 e. The Morgan fingerprint density at radius 1 is 1.46 bits per heavy atom. The zero-order chi connectivity index (χ0) is 10.5. The molecule has 3 nitrogen and oxygen atoms in total. The molecule has 0 atom stereocenters. The first-order chi connectivity index (χ1) is 5.81. The van der Waals surface area contributed by atoms with Crippen molar-refractivity contribution in [3.8, 4) is 0 Å². The molecule has 0 rings (SSSR count). The van der Waals surface area contributed by atoms with Crippen LogP contribution in [0.15, 0.2) is 12.2 Å². The third kappa shape index (κ3) is 4.33. The van der Waals surface area contributed by atoms with Crippen molar-refractivity contribution in [1.82, 2.24) is 0 Å². The summed E-state index contributed by atoms with van der Waals surface area (Å²) in [4.78, 5) is 0. The summed E-state index contributed by atoms with van der Waals surface area (Å²) in [5, 5.41) is -4.28. The van der Waals surface area contributed by atoms with Crippen molar-refractivity contribution >= 4 is 10.1 Å². The van der Waals surface area contributed by atoms with Gasteiger partial charge in [-0.3, -0.25) is 0 Å². The third-order valence-corrected chi connectivity index (χ3v) is 2.17. The van der Waals surface area contributed by atoms with Crippen LogP contribution in [0.3, 0.4) is 0 Å². The molecule has 0 heterocycles.